The normalized spacial score (nSPS) is 10.8. The van der Waals surface area contributed by atoms with Crippen molar-refractivity contribution in [2.24, 2.45) is 0 Å². The van der Waals surface area contributed by atoms with Gasteiger partial charge in [0.25, 0.3) is 0 Å². The molecule has 0 saturated carbocycles. The molecule has 2 heterocycles. The summed E-state index contributed by atoms with van der Waals surface area (Å²) in [5, 5.41) is 9.28. The van der Waals surface area contributed by atoms with Gasteiger partial charge in [-0.05, 0) is 23.8 Å². The number of hydrogen-bond acceptors (Lipinski definition) is 4. The van der Waals surface area contributed by atoms with Gasteiger partial charge < -0.3 is 14.4 Å². The Labute approximate surface area is 119 Å². The van der Waals surface area contributed by atoms with Crippen molar-refractivity contribution in [2.45, 2.75) is 6.54 Å². The summed E-state index contributed by atoms with van der Waals surface area (Å²) in [4.78, 5) is 15.6. The van der Waals surface area contributed by atoms with Crippen molar-refractivity contribution in [2.75, 3.05) is 7.11 Å². The van der Waals surface area contributed by atoms with Gasteiger partial charge in [0, 0.05) is 6.54 Å². The number of nitrogens with zero attached hydrogens (tertiary/aromatic N) is 2. The summed E-state index contributed by atoms with van der Waals surface area (Å²) in [6.45, 7) is 0.471. The van der Waals surface area contributed by atoms with Gasteiger partial charge in [-0.2, -0.15) is 0 Å². The quantitative estimate of drug-likeness (QED) is 0.801. The van der Waals surface area contributed by atoms with E-state index in [0.717, 1.165) is 16.0 Å². The molecule has 0 aliphatic carbocycles. The molecule has 2 aromatic heterocycles. The summed E-state index contributed by atoms with van der Waals surface area (Å²) in [5.74, 6) is -0.165. The average Bonchev–Trinajstić information content (AvgIpc) is 3.02. The van der Waals surface area contributed by atoms with Crippen molar-refractivity contribution in [3.05, 3.63) is 47.1 Å². The van der Waals surface area contributed by atoms with Gasteiger partial charge in [-0.1, -0.05) is 12.1 Å². The molecule has 0 aliphatic heterocycles. The molecule has 102 valence electrons. The first-order valence-corrected chi connectivity index (χ1v) is 6.86. The van der Waals surface area contributed by atoms with E-state index in [2.05, 4.69) is 4.98 Å². The number of methoxy groups -OCH3 is 1. The number of aromatic carboxylic acids is 1. The first-order chi connectivity index (χ1) is 9.69. The third-order valence-corrected chi connectivity index (χ3v) is 3.87. The minimum Gasteiger partial charge on any atom is -0.497 e. The van der Waals surface area contributed by atoms with Crippen LogP contribution in [0.3, 0.4) is 0 Å². The van der Waals surface area contributed by atoms with Crippen molar-refractivity contribution in [3.63, 3.8) is 0 Å². The van der Waals surface area contributed by atoms with Crippen molar-refractivity contribution in [1.82, 2.24) is 9.55 Å². The van der Waals surface area contributed by atoms with E-state index in [1.54, 1.807) is 23.3 Å². The molecule has 3 aromatic rings. The fourth-order valence-corrected chi connectivity index (χ4v) is 2.83. The van der Waals surface area contributed by atoms with E-state index in [-0.39, 0.29) is 5.69 Å². The Morgan fingerprint density at radius 1 is 1.40 bits per heavy atom. The van der Waals surface area contributed by atoms with Crippen LogP contribution in [0.15, 0.2) is 35.8 Å². The van der Waals surface area contributed by atoms with E-state index in [1.165, 1.54) is 11.3 Å². The zero-order chi connectivity index (χ0) is 14.1. The number of benzene rings is 1. The molecular formula is C14H12N2O3S. The minimum absolute atomic E-state index is 0.259. The number of carboxylic acids is 1. The van der Waals surface area contributed by atoms with Crippen LogP contribution in [0, 0.1) is 0 Å². The third-order valence-electron chi connectivity index (χ3n) is 3.11. The van der Waals surface area contributed by atoms with Crippen LogP contribution in [0.4, 0.5) is 0 Å². The van der Waals surface area contributed by atoms with Crippen molar-refractivity contribution >= 4 is 27.7 Å². The minimum atomic E-state index is -0.941. The Bertz CT molecular complexity index is 758. The van der Waals surface area contributed by atoms with Gasteiger partial charge in [0.15, 0.2) is 5.65 Å². The second-order valence-electron chi connectivity index (χ2n) is 4.31. The number of rotatable bonds is 4. The van der Waals surface area contributed by atoms with Gasteiger partial charge in [0.2, 0.25) is 0 Å². The largest absolute Gasteiger partial charge is 0.497 e. The van der Waals surface area contributed by atoms with Crippen LogP contribution < -0.4 is 4.74 Å². The molecule has 0 saturated heterocycles. The standard InChI is InChI=1S/C14H12N2O3S/c1-19-10-4-2-9(3-5-10)7-16-11(14(17)18)6-12-13(16)15-8-20-12/h2-6,8H,7H2,1H3,(H,17,18). The van der Waals surface area contributed by atoms with Crippen molar-refractivity contribution in [3.8, 4) is 5.75 Å². The SMILES string of the molecule is COc1ccc(Cn2c(C(=O)O)cc3scnc32)cc1. The molecule has 0 unspecified atom stereocenters. The molecular weight excluding hydrogens is 276 g/mol. The van der Waals surface area contributed by atoms with Crippen LogP contribution in [-0.2, 0) is 6.54 Å². The number of ether oxygens (including phenoxy) is 1. The Morgan fingerprint density at radius 2 is 2.15 bits per heavy atom. The lowest BCUT2D eigenvalue weighted by molar-refractivity contribution is 0.0686. The number of carboxylic acid groups (broad SMARTS) is 1. The fourth-order valence-electron chi connectivity index (χ4n) is 2.12. The predicted octanol–water partition coefficient (Wildman–Crippen LogP) is 2.85. The van der Waals surface area contributed by atoms with Gasteiger partial charge in [0.05, 0.1) is 17.3 Å². The number of thiazole rings is 1. The van der Waals surface area contributed by atoms with Crippen molar-refractivity contribution in [1.29, 1.82) is 0 Å². The molecule has 0 amide bonds. The topological polar surface area (TPSA) is 64.3 Å². The molecule has 0 aliphatic rings. The van der Waals surface area contributed by atoms with E-state index >= 15 is 0 Å². The molecule has 0 atom stereocenters. The van der Waals surface area contributed by atoms with Crippen LogP contribution in [0.25, 0.3) is 10.3 Å². The zero-order valence-electron chi connectivity index (χ0n) is 10.7. The van der Waals surface area contributed by atoms with E-state index in [4.69, 9.17) is 4.74 Å². The Hall–Kier alpha value is -2.34. The van der Waals surface area contributed by atoms with Crippen LogP contribution in [0.2, 0.25) is 0 Å². The number of hydrogen-bond donors (Lipinski definition) is 1. The number of carbonyl (C=O) groups is 1. The molecule has 20 heavy (non-hydrogen) atoms. The Balaban J connectivity index is 2.01. The molecule has 1 aromatic carbocycles. The highest BCUT2D eigenvalue weighted by molar-refractivity contribution is 7.16. The van der Waals surface area contributed by atoms with Crippen LogP contribution in [-0.4, -0.2) is 27.7 Å². The monoisotopic (exact) mass is 288 g/mol. The van der Waals surface area contributed by atoms with E-state index in [9.17, 15) is 9.90 Å². The molecule has 0 fully saturated rings. The third kappa shape index (κ3) is 2.14. The number of aromatic nitrogens is 2. The lowest BCUT2D eigenvalue weighted by Crippen LogP contribution is -2.09. The average molecular weight is 288 g/mol. The Morgan fingerprint density at radius 3 is 2.80 bits per heavy atom. The highest BCUT2D eigenvalue weighted by atomic mass is 32.1. The van der Waals surface area contributed by atoms with Gasteiger partial charge >= 0.3 is 5.97 Å². The van der Waals surface area contributed by atoms with Gasteiger partial charge in [-0.3, -0.25) is 0 Å². The second-order valence-corrected chi connectivity index (χ2v) is 5.20. The summed E-state index contributed by atoms with van der Waals surface area (Å²) in [5.41, 5.74) is 3.69. The molecule has 3 rings (SSSR count). The van der Waals surface area contributed by atoms with Crippen molar-refractivity contribution < 1.29 is 14.6 Å². The molecule has 0 spiro atoms. The van der Waals surface area contributed by atoms with Crippen LogP contribution in [0.1, 0.15) is 16.1 Å². The second kappa shape index (κ2) is 4.97. The first-order valence-electron chi connectivity index (χ1n) is 5.98. The predicted molar refractivity (Wildman–Crippen MR) is 76.7 cm³/mol. The summed E-state index contributed by atoms with van der Waals surface area (Å²) < 4.78 is 7.72. The maximum absolute atomic E-state index is 11.3. The lowest BCUT2D eigenvalue weighted by atomic mass is 10.2. The van der Waals surface area contributed by atoms with Crippen LogP contribution in [0.5, 0.6) is 5.75 Å². The van der Waals surface area contributed by atoms with E-state index in [0.29, 0.717) is 12.2 Å². The van der Waals surface area contributed by atoms with Gasteiger partial charge in [-0.15, -0.1) is 11.3 Å². The summed E-state index contributed by atoms with van der Waals surface area (Å²) >= 11 is 1.44. The summed E-state index contributed by atoms with van der Waals surface area (Å²) in [6, 6.07) is 9.22. The zero-order valence-corrected chi connectivity index (χ0v) is 11.6. The molecule has 0 radical (unpaired) electrons. The highest BCUT2D eigenvalue weighted by Gasteiger charge is 2.16. The van der Waals surface area contributed by atoms with Crippen LogP contribution >= 0.6 is 11.3 Å². The molecule has 1 N–H and O–H groups in total. The smallest absolute Gasteiger partial charge is 0.352 e. The molecule has 0 bridgehead atoms. The van der Waals surface area contributed by atoms with E-state index < -0.39 is 5.97 Å². The highest BCUT2D eigenvalue weighted by Crippen LogP contribution is 2.24. The molecule has 5 nitrogen and oxygen atoms in total. The van der Waals surface area contributed by atoms with E-state index in [1.807, 2.05) is 24.3 Å². The summed E-state index contributed by atoms with van der Waals surface area (Å²) in [7, 11) is 1.61. The maximum Gasteiger partial charge on any atom is 0.352 e. The maximum atomic E-state index is 11.3. The van der Waals surface area contributed by atoms with Gasteiger partial charge in [-0.25, -0.2) is 9.78 Å². The molecule has 6 heteroatoms. The number of fused-ring (bicyclic) bond motifs is 1. The first kappa shape index (κ1) is 12.7. The Kier molecular flexibility index (Phi) is 3.15. The lowest BCUT2D eigenvalue weighted by Gasteiger charge is -2.08. The summed E-state index contributed by atoms with van der Waals surface area (Å²) in [6.07, 6.45) is 0. The fraction of sp³-hybridized carbons (Fsp3) is 0.143. The van der Waals surface area contributed by atoms with Gasteiger partial charge in [0.1, 0.15) is 11.4 Å².